The highest BCUT2D eigenvalue weighted by atomic mass is 19.4. The van der Waals surface area contributed by atoms with E-state index in [1.54, 1.807) is 0 Å². The zero-order chi connectivity index (χ0) is 13.9. The van der Waals surface area contributed by atoms with Crippen LogP contribution in [0.4, 0.5) is 24.8 Å². The fourth-order valence-corrected chi connectivity index (χ4v) is 1.12. The number of carbonyl (C=O) groups is 1. The largest absolute Gasteiger partial charge is 0.471 e. The lowest BCUT2D eigenvalue weighted by Crippen LogP contribution is -2.30. The van der Waals surface area contributed by atoms with Crippen molar-refractivity contribution in [2.24, 2.45) is 0 Å². The highest BCUT2D eigenvalue weighted by Gasteiger charge is 2.39. The summed E-state index contributed by atoms with van der Waals surface area (Å²) < 4.78 is 37.0. The molecule has 0 fully saturated rings. The second kappa shape index (κ2) is 4.92. The van der Waals surface area contributed by atoms with E-state index < -0.39 is 17.9 Å². The molecule has 0 aliphatic heterocycles. The van der Waals surface area contributed by atoms with Gasteiger partial charge < -0.3 is 16.2 Å². The maximum atomic E-state index is 12.0. The Morgan fingerprint density at radius 2 is 2.22 bits per heavy atom. The number of aliphatic hydroxyl groups excluding tert-OH is 1. The number of hydrogen-bond acceptors (Lipinski definition) is 5. The molecule has 98 valence electrons. The van der Waals surface area contributed by atoms with Crippen LogP contribution in [0.2, 0.25) is 0 Å². The number of hydrogen-bond donors (Lipinski definition) is 3. The molecule has 0 bridgehead atoms. The number of nitriles is 1. The summed E-state index contributed by atoms with van der Waals surface area (Å²) in [4.78, 5) is 10.7. The van der Waals surface area contributed by atoms with Crippen LogP contribution < -0.4 is 11.1 Å². The summed E-state index contributed by atoms with van der Waals surface area (Å²) in [6.07, 6.45) is -5.09. The topological polar surface area (TPSA) is 117 Å². The molecule has 0 unspecified atom stereocenters. The number of amides is 1. The van der Waals surface area contributed by atoms with Crippen molar-refractivity contribution in [3.63, 3.8) is 0 Å². The number of aromatic nitrogens is 2. The minimum atomic E-state index is -5.09. The van der Waals surface area contributed by atoms with Gasteiger partial charge in [-0.1, -0.05) is 0 Å². The van der Waals surface area contributed by atoms with Gasteiger partial charge in [-0.15, -0.1) is 0 Å². The van der Waals surface area contributed by atoms with Gasteiger partial charge in [0.05, 0.1) is 13.2 Å². The van der Waals surface area contributed by atoms with E-state index >= 15 is 0 Å². The molecule has 10 heteroatoms. The maximum absolute atomic E-state index is 12.0. The van der Waals surface area contributed by atoms with Gasteiger partial charge in [-0.05, 0) is 0 Å². The molecule has 0 spiro atoms. The van der Waals surface area contributed by atoms with Crippen LogP contribution >= 0.6 is 0 Å². The monoisotopic (exact) mass is 263 g/mol. The van der Waals surface area contributed by atoms with E-state index in [-0.39, 0.29) is 24.5 Å². The summed E-state index contributed by atoms with van der Waals surface area (Å²) in [6.45, 7) is -0.480. The average molecular weight is 263 g/mol. The standard InChI is InChI=1S/C8H8F3N5O2/c9-8(10,11)7(18)14-6-4(3-12)5(13)16(15-6)1-2-17/h17H,1-2,13H2,(H,14,15,18). The summed E-state index contributed by atoms with van der Waals surface area (Å²) >= 11 is 0. The average Bonchev–Trinajstić information content (AvgIpc) is 2.54. The number of halogens is 3. The van der Waals surface area contributed by atoms with Gasteiger partial charge in [0.1, 0.15) is 17.5 Å². The van der Waals surface area contributed by atoms with Crippen molar-refractivity contribution in [1.82, 2.24) is 9.78 Å². The van der Waals surface area contributed by atoms with Crippen molar-refractivity contribution in [2.45, 2.75) is 12.7 Å². The van der Waals surface area contributed by atoms with Gasteiger partial charge in [-0.25, -0.2) is 4.68 Å². The number of aliphatic hydroxyl groups is 1. The van der Waals surface area contributed by atoms with Gasteiger partial charge in [-0.3, -0.25) is 4.79 Å². The molecule has 0 aliphatic rings. The third-order valence-electron chi connectivity index (χ3n) is 1.90. The second-order valence-electron chi connectivity index (χ2n) is 3.12. The van der Waals surface area contributed by atoms with E-state index in [1.165, 1.54) is 11.4 Å². The van der Waals surface area contributed by atoms with Gasteiger partial charge in [-0.2, -0.15) is 23.5 Å². The van der Waals surface area contributed by atoms with Crippen LogP contribution in [-0.4, -0.2) is 33.6 Å². The van der Waals surface area contributed by atoms with Crippen molar-refractivity contribution >= 4 is 17.5 Å². The van der Waals surface area contributed by atoms with Gasteiger partial charge in [0, 0.05) is 0 Å². The fraction of sp³-hybridized carbons (Fsp3) is 0.375. The van der Waals surface area contributed by atoms with Crippen LogP contribution in [0.15, 0.2) is 0 Å². The van der Waals surface area contributed by atoms with Crippen molar-refractivity contribution < 1.29 is 23.1 Å². The van der Waals surface area contributed by atoms with Crippen LogP contribution in [0.1, 0.15) is 5.56 Å². The van der Waals surface area contributed by atoms with Crippen LogP contribution in [0.25, 0.3) is 0 Å². The molecular weight excluding hydrogens is 255 g/mol. The van der Waals surface area contributed by atoms with E-state index in [9.17, 15) is 18.0 Å². The number of nitrogens with one attached hydrogen (secondary N) is 1. The number of carbonyl (C=O) groups excluding carboxylic acids is 1. The highest BCUT2D eigenvalue weighted by Crippen LogP contribution is 2.23. The molecule has 1 heterocycles. The van der Waals surface area contributed by atoms with Gasteiger partial charge in [0.25, 0.3) is 0 Å². The summed E-state index contributed by atoms with van der Waals surface area (Å²) in [5.41, 5.74) is 5.03. The number of nitrogens with zero attached hydrogens (tertiary/aromatic N) is 3. The Labute approximate surface area is 98.6 Å². The minimum absolute atomic E-state index is 0.109. The second-order valence-corrected chi connectivity index (χ2v) is 3.12. The first kappa shape index (κ1) is 13.8. The van der Waals surface area contributed by atoms with E-state index in [4.69, 9.17) is 16.1 Å². The number of nitrogens with two attached hydrogens (primary N) is 1. The van der Waals surface area contributed by atoms with Crippen molar-refractivity contribution in [3.8, 4) is 6.07 Å². The molecule has 18 heavy (non-hydrogen) atoms. The maximum Gasteiger partial charge on any atom is 0.471 e. The Balaban J connectivity index is 3.07. The molecule has 4 N–H and O–H groups in total. The molecule has 0 atom stereocenters. The molecule has 7 nitrogen and oxygen atoms in total. The first-order chi connectivity index (χ1) is 8.31. The molecule has 1 rings (SSSR count). The SMILES string of the molecule is N#Cc1c(NC(=O)C(F)(F)F)nn(CCO)c1N. The smallest absolute Gasteiger partial charge is 0.394 e. The lowest BCUT2D eigenvalue weighted by Gasteiger charge is -2.05. The lowest BCUT2D eigenvalue weighted by atomic mass is 10.3. The zero-order valence-corrected chi connectivity index (χ0v) is 8.82. The third-order valence-corrected chi connectivity index (χ3v) is 1.90. The quantitative estimate of drug-likeness (QED) is 0.699. The lowest BCUT2D eigenvalue weighted by molar-refractivity contribution is -0.167. The number of anilines is 2. The first-order valence-electron chi connectivity index (χ1n) is 4.56. The van der Waals surface area contributed by atoms with E-state index in [0.29, 0.717) is 0 Å². The number of alkyl halides is 3. The molecular formula is C8H8F3N5O2. The Kier molecular flexibility index (Phi) is 3.77. The fourth-order valence-electron chi connectivity index (χ4n) is 1.12. The summed E-state index contributed by atoms with van der Waals surface area (Å²) in [5.74, 6) is -3.08. The first-order valence-corrected chi connectivity index (χ1v) is 4.56. The Hall–Kier alpha value is -2.28. The molecule has 0 saturated carbocycles. The van der Waals surface area contributed by atoms with Crippen molar-refractivity contribution in [3.05, 3.63) is 5.56 Å². The molecule has 1 aromatic rings. The normalized spacial score (nSPS) is 11.1. The van der Waals surface area contributed by atoms with E-state index in [0.717, 1.165) is 4.68 Å². The molecule has 1 aromatic heterocycles. The van der Waals surface area contributed by atoms with Crippen molar-refractivity contribution in [2.75, 3.05) is 17.7 Å². The van der Waals surface area contributed by atoms with Crippen LogP contribution in [-0.2, 0) is 11.3 Å². The highest BCUT2D eigenvalue weighted by molar-refractivity contribution is 5.95. The summed E-state index contributed by atoms with van der Waals surface area (Å²) in [7, 11) is 0. The predicted octanol–water partition coefficient (Wildman–Crippen LogP) is -0.170. The summed E-state index contributed by atoms with van der Waals surface area (Å²) in [5, 5.41) is 22.3. The molecule has 0 aromatic carbocycles. The summed E-state index contributed by atoms with van der Waals surface area (Å²) in [6, 6.07) is 1.53. The van der Waals surface area contributed by atoms with Gasteiger partial charge >= 0.3 is 12.1 Å². The van der Waals surface area contributed by atoms with Crippen LogP contribution in [0.3, 0.4) is 0 Å². The Bertz CT molecular complexity index is 502. The zero-order valence-electron chi connectivity index (χ0n) is 8.82. The van der Waals surface area contributed by atoms with Crippen LogP contribution in [0.5, 0.6) is 0 Å². The minimum Gasteiger partial charge on any atom is -0.394 e. The molecule has 0 aliphatic carbocycles. The van der Waals surface area contributed by atoms with Gasteiger partial charge in [0.15, 0.2) is 5.82 Å². The predicted molar refractivity (Wildman–Crippen MR) is 53.1 cm³/mol. The Morgan fingerprint density at radius 3 is 2.67 bits per heavy atom. The molecule has 1 amide bonds. The van der Waals surface area contributed by atoms with Crippen LogP contribution in [0, 0.1) is 11.3 Å². The third kappa shape index (κ3) is 2.69. The molecule has 0 radical (unpaired) electrons. The van der Waals surface area contributed by atoms with Crippen molar-refractivity contribution in [1.29, 1.82) is 5.26 Å². The number of nitrogen functional groups attached to an aromatic ring is 1. The molecule has 0 saturated heterocycles. The van der Waals surface area contributed by atoms with E-state index in [2.05, 4.69) is 5.10 Å². The van der Waals surface area contributed by atoms with Gasteiger partial charge in [0.2, 0.25) is 0 Å². The van der Waals surface area contributed by atoms with E-state index in [1.807, 2.05) is 0 Å². The Morgan fingerprint density at radius 1 is 1.61 bits per heavy atom. The number of rotatable bonds is 3.